The quantitative estimate of drug-likeness (QED) is 0.227. The zero-order chi connectivity index (χ0) is 30.2. The summed E-state index contributed by atoms with van der Waals surface area (Å²) < 4.78 is 39.5. The molecule has 3 aromatic carbocycles. The standard InChI is InChI=1S/C35H37F3N4O/c1-24-21-41(32-18-17-26-11-3-8-16-31(26)40-32)22-25(2)42(24)20-10-9-19-34(33(43)39-23-35(36,37)38)29-14-6-4-12-27(29)28-13-5-7-15-30(28)34/h3-8,11-18,24-25H,9-10,19-23H2,1-2H3,(H,39,43)/t24-,25+. The van der Waals surface area contributed by atoms with Crippen LogP contribution in [0.2, 0.25) is 0 Å². The third-order valence-electron chi connectivity index (χ3n) is 9.13. The third-order valence-corrected chi connectivity index (χ3v) is 9.13. The number of aromatic nitrogens is 1. The number of para-hydroxylation sites is 1. The van der Waals surface area contributed by atoms with Gasteiger partial charge in [-0.15, -0.1) is 0 Å². The first-order valence-electron chi connectivity index (χ1n) is 15.1. The first-order valence-corrected chi connectivity index (χ1v) is 15.1. The van der Waals surface area contributed by atoms with Crippen LogP contribution >= 0.6 is 0 Å². The largest absolute Gasteiger partial charge is 0.405 e. The number of pyridine rings is 1. The molecule has 0 spiro atoms. The molecule has 2 aliphatic rings. The molecule has 1 amide bonds. The summed E-state index contributed by atoms with van der Waals surface area (Å²) in [7, 11) is 0. The Morgan fingerprint density at radius 2 is 1.47 bits per heavy atom. The van der Waals surface area contributed by atoms with E-state index < -0.39 is 24.0 Å². The Bertz CT molecular complexity index is 1560. The summed E-state index contributed by atoms with van der Waals surface area (Å²) in [5.74, 6) is 0.405. The smallest absolute Gasteiger partial charge is 0.353 e. The minimum Gasteiger partial charge on any atom is -0.353 e. The van der Waals surface area contributed by atoms with Crippen LogP contribution in [-0.2, 0) is 10.2 Å². The van der Waals surface area contributed by atoms with E-state index in [-0.39, 0.29) is 0 Å². The summed E-state index contributed by atoms with van der Waals surface area (Å²) in [6.07, 6.45) is -2.50. The number of hydrogen-bond donors (Lipinski definition) is 1. The number of benzene rings is 3. The zero-order valence-corrected chi connectivity index (χ0v) is 24.6. The van der Waals surface area contributed by atoms with E-state index in [1.165, 1.54) is 0 Å². The predicted octanol–water partition coefficient (Wildman–Crippen LogP) is 6.95. The average molecular weight is 587 g/mol. The second-order valence-corrected chi connectivity index (χ2v) is 12.0. The molecule has 0 saturated carbocycles. The molecule has 224 valence electrons. The molecule has 6 rings (SSSR count). The molecule has 1 saturated heterocycles. The SMILES string of the molecule is C[C@@H]1CN(c2ccc3ccccc3n2)C[C@H](C)N1CCCCC1(C(=O)NCC(F)(F)F)c2ccccc2-c2ccccc21. The van der Waals surface area contributed by atoms with Crippen molar-refractivity contribution < 1.29 is 18.0 Å². The van der Waals surface area contributed by atoms with E-state index in [4.69, 9.17) is 4.98 Å². The number of carbonyl (C=O) groups excluding carboxylic acids is 1. The highest BCUT2D eigenvalue weighted by Gasteiger charge is 2.49. The van der Waals surface area contributed by atoms with Crippen LogP contribution in [-0.4, -0.2) is 60.2 Å². The summed E-state index contributed by atoms with van der Waals surface area (Å²) in [6.45, 7) is 5.70. The Balaban J connectivity index is 1.16. The van der Waals surface area contributed by atoms with E-state index in [9.17, 15) is 18.0 Å². The number of nitrogens with zero attached hydrogens (tertiary/aromatic N) is 3. The number of halogens is 3. The van der Waals surface area contributed by atoms with E-state index in [0.717, 1.165) is 65.0 Å². The van der Waals surface area contributed by atoms with Gasteiger partial charge in [-0.25, -0.2) is 4.98 Å². The number of alkyl halides is 3. The lowest BCUT2D eigenvalue weighted by atomic mass is 9.73. The molecule has 43 heavy (non-hydrogen) atoms. The van der Waals surface area contributed by atoms with Gasteiger partial charge in [0.2, 0.25) is 5.91 Å². The minimum absolute atomic E-state index is 0.300. The molecule has 1 aromatic heterocycles. The molecule has 1 N–H and O–H groups in total. The molecule has 1 aliphatic carbocycles. The van der Waals surface area contributed by atoms with Crippen molar-refractivity contribution in [3.05, 3.63) is 96.1 Å². The van der Waals surface area contributed by atoms with Crippen molar-refractivity contribution in [2.24, 2.45) is 0 Å². The molecule has 5 nitrogen and oxygen atoms in total. The number of rotatable bonds is 8. The van der Waals surface area contributed by atoms with E-state index in [0.29, 0.717) is 24.9 Å². The zero-order valence-electron chi connectivity index (χ0n) is 24.6. The van der Waals surface area contributed by atoms with Crippen molar-refractivity contribution in [2.75, 3.05) is 31.1 Å². The van der Waals surface area contributed by atoms with Gasteiger partial charge in [0.25, 0.3) is 0 Å². The Morgan fingerprint density at radius 3 is 2.12 bits per heavy atom. The molecular weight excluding hydrogens is 549 g/mol. The number of piperazine rings is 1. The normalized spacial score (nSPS) is 19.7. The van der Waals surface area contributed by atoms with Gasteiger partial charge >= 0.3 is 6.18 Å². The molecule has 0 bridgehead atoms. The molecule has 1 aliphatic heterocycles. The van der Waals surface area contributed by atoms with Crippen LogP contribution in [0.15, 0.2) is 84.9 Å². The second-order valence-electron chi connectivity index (χ2n) is 12.0. The fraction of sp³-hybridized carbons (Fsp3) is 0.371. The van der Waals surface area contributed by atoms with Crippen molar-refractivity contribution in [2.45, 2.75) is 56.8 Å². The molecule has 4 aromatic rings. The van der Waals surface area contributed by atoms with E-state index >= 15 is 0 Å². The van der Waals surface area contributed by atoms with Crippen LogP contribution in [0.1, 0.15) is 44.2 Å². The van der Waals surface area contributed by atoms with Gasteiger partial charge in [0, 0.05) is 30.6 Å². The van der Waals surface area contributed by atoms with Gasteiger partial charge in [0.1, 0.15) is 17.8 Å². The molecule has 1 fully saturated rings. The van der Waals surface area contributed by atoms with E-state index in [1.807, 2.05) is 66.7 Å². The number of anilines is 1. The molecule has 0 unspecified atom stereocenters. The molecule has 8 heteroatoms. The lowest BCUT2D eigenvalue weighted by molar-refractivity contribution is -0.141. The average Bonchev–Trinajstić information content (AvgIpc) is 3.29. The Morgan fingerprint density at radius 1 is 0.860 bits per heavy atom. The summed E-state index contributed by atoms with van der Waals surface area (Å²) in [5.41, 5.74) is 3.24. The monoisotopic (exact) mass is 586 g/mol. The fourth-order valence-electron chi connectivity index (χ4n) is 7.18. The van der Waals surface area contributed by atoms with Gasteiger partial charge < -0.3 is 10.2 Å². The Kier molecular flexibility index (Phi) is 7.90. The van der Waals surface area contributed by atoms with E-state index in [1.54, 1.807) is 0 Å². The van der Waals surface area contributed by atoms with Crippen molar-refractivity contribution in [1.29, 1.82) is 0 Å². The van der Waals surface area contributed by atoms with Crippen molar-refractivity contribution in [1.82, 2.24) is 15.2 Å². The topological polar surface area (TPSA) is 48.5 Å². The Hall–Kier alpha value is -3.91. The summed E-state index contributed by atoms with van der Waals surface area (Å²) >= 11 is 0. The van der Waals surface area contributed by atoms with Crippen molar-refractivity contribution >= 4 is 22.6 Å². The van der Waals surface area contributed by atoms with Crippen LogP contribution in [0.25, 0.3) is 22.0 Å². The highest BCUT2D eigenvalue weighted by atomic mass is 19.4. The first-order chi connectivity index (χ1) is 20.7. The number of nitrogens with one attached hydrogen (secondary N) is 1. The molecule has 2 heterocycles. The Labute approximate surface area is 250 Å². The second kappa shape index (κ2) is 11.6. The summed E-state index contributed by atoms with van der Waals surface area (Å²) in [4.78, 5) is 23.5. The molecule has 0 radical (unpaired) electrons. The van der Waals surface area contributed by atoms with Crippen LogP contribution in [0.4, 0.5) is 19.0 Å². The highest BCUT2D eigenvalue weighted by Crippen LogP contribution is 2.51. The van der Waals surface area contributed by atoms with Crippen molar-refractivity contribution in [3.8, 4) is 11.1 Å². The predicted molar refractivity (Wildman–Crippen MR) is 165 cm³/mol. The number of amides is 1. The maximum Gasteiger partial charge on any atom is 0.405 e. The van der Waals surface area contributed by atoms with Gasteiger partial charge in [0.15, 0.2) is 0 Å². The lowest BCUT2D eigenvalue weighted by Gasteiger charge is -2.45. The first kappa shape index (κ1) is 29.2. The van der Waals surface area contributed by atoms with Crippen LogP contribution in [0.5, 0.6) is 0 Å². The van der Waals surface area contributed by atoms with Crippen LogP contribution in [0.3, 0.4) is 0 Å². The maximum absolute atomic E-state index is 13.8. The van der Waals surface area contributed by atoms with Crippen molar-refractivity contribution in [3.63, 3.8) is 0 Å². The van der Waals surface area contributed by atoms with E-state index in [2.05, 4.69) is 47.2 Å². The van der Waals surface area contributed by atoms with Gasteiger partial charge in [0.05, 0.1) is 5.52 Å². The van der Waals surface area contributed by atoms with Gasteiger partial charge in [-0.1, -0.05) is 73.2 Å². The lowest BCUT2D eigenvalue weighted by Crippen LogP contribution is -2.57. The number of hydrogen-bond acceptors (Lipinski definition) is 4. The van der Waals surface area contributed by atoms with Gasteiger partial charge in [-0.3, -0.25) is 9.69 Å². The van der Waals surface area contributed by atoms with Gasteiger partial charge in [-0.2, -0.15) is 13.2 Å². The van der Waals surface area contributed by atoms with Crippen LogP contribution < -0.4 is 10.2 Å². The maximum atomic E-state index is 13.8. The fourth-order valence-corrected chi connectivity index (χ4v) is 7.18. The minimum atomic E-state index is -4.48. The number of unbranched alkanes of at least 4 members (excludes halogenated alkanes) is 1. The molecule has 2 atom stereocenters. The van der Waals surface area contributed by atoms with Gasteiger partial charge in [-0.05, 0) is 73.7 Å². The third kappa shape index (κ3) is 5.60. The number of fused-ring (bicyclic) bond motifs is 4. The van der Waals surface area contributed by atoms with Crippen LogP contribution in [0, 0.1) is 0 Å². The summed E-state index contributed by atoms with van der Waals surface area (Å²) in [6, 6.07) is 28.2. The molecular formula is C35H37F3N4O. The summed E-state index contributed by atoms with van der Waals surface area (Å²) in [5, 5.41) is 3.37. The highest BCUT2D eigenvalue weighted by molar-refractivity contribution is 6.00. The number of carbonyl (C=O) groups is 1.